The molecule has 0 atom stereocenters. The van der Waals surface area contributed by atoms with E-state index in [4.69, 9.17) is 5.41 Å². The molecule has 0 aliphatic heterocycles. The van der Waals surface area contributed by atoms with Gasteiger partial charge in [0, 0.05) is 13.2 Å². The molecule has 0 radical (unpaired) electrons. The van der Waals surface area contributed by atoms with Gasteiger partial charge in [-0.2, -0.15) is 0 Å². The third kappa shape index (κ3) is 2.48. The van der Waals surface area contributed by atoms with Crippen LogP contribution in [0.25, 0.3) is 16.7 Å². The summed E-state index contributed by atoms with van der Waals surface area (Å²) in [6.07, 6.45) is 1.59. The monoisotopic (exact) mass is 380 g/mol. The average molecular weight is 380 g/mol. The van der Waals surface area contributed by atoms with E-state index in [1.807, 2.05) is 13.0 Å². The number of nitrogens with one attached hydrogen (secondary N) is 1. The molecule has 7 nitrogen and oxygen atoms in total. The zero-order chi connectivity index (χ0) is 19.3. The molecule has 0 saturated carbocycles. The third-order valence-electron chi connectivity index (χ3n) is 4.57. The van der Waals surface area contributed by atoms with Gasteiger partial charge in [0.1, 0.15) is 21.7 Å². The molecule has 0 aliphatic rings. The molecule has 0 amide bonds. The third-order valence-corrected chi connectivity index (χ3v) is 6.35. The van der Waals surface area contributed by atoms with Crippen LogP contribution < -0.4 is 11.0 Å². The summed E-state index contributed by atoms with van der Waals surface area (Å²) in [6, 6.07) is 12.7. The van der Waals surface area contributed by atoms with Crippen molar-refractivity contribution in [3.05, 3.63) is 76.1 Å². The molecule has 0 saturated heterocycles. The number of benzene rings is 1. The molecule has 0 spiro atoms. The van der Waals surface area contributed by atoms with Crippen LogP contribution in [0.1, 0.15) is 5.56 Å². The lowest BCUT2D eigenvalue weighted by atomic mass is 10.2. The van der Waals surface area contributed by atoms with Crippen molar-refractivity contribution in [1.29, 1.82) is 5.41 Å². The van der Waals surface area contributed by atoms with Crippen molar-refractivity contribution in [1.82, 2.24) is 14.0 Å². The Morgan fingerprint density at radius 1 is 1.04 bits per heavy atom. The van der Waals surface area contributed by atoms with Gasteiger partial charge in [0.2, 0.25) is 9.84 Å². The predicted octanol–water partition coefficient (Wildman–Crippen LogP) is 1.81. The molecule has 4 aromatic rings. The molecule has 3 heterocycles. The summed E-state index contributed by atoms with van der Waals surface area (Å²) < 4.78 is 28.8. The molecular weight excluding hydrogens is 364 g/mol. The van der Waals surface area contributed by atoms with E-state index >= 15 is 0 Å². The first-order valence-corrected chi connectivity index (χ1v) is 9.67. The number of nitrogens with zero attached hydrogens (tertiary/aromatic N) is 3. The maximum absolute atomic E-state index is 13.0. The molecular formula is C19H16N4O3S. The van der Waals surface area contributed by atoms with Crippen LogP contribution in [0, 0.1) is 12.3 Å². The summed E-state index contributed by atoms with van der Waals surface area (Å²) in [5, 5.41) is 8.49. The summed E-state index contributed by atoms with van der Waals surface area (Å²) in [5.74, 6) is 0. The quantitative estimate of drug-likeness (QED) is 0.536. The topological polar surface area (TPSA) is 97.3 Å². The molecule has 1 aromatic carbocycles. The number of aryl methyl sites for hydroxylation is 2. The molecule has 8 heteroatoms. The van der Waals surface area contributed by atoms with E-state index in [1.54, 1.807) is 30.5 Å². The van der Waals surface area contributed by atoms with Crippen molar-refractivity contribution in [3.63, 3.8) is 0 Å². The van der Waals surface area contributed by atoms with E-state index < -0.39 is 9.84 Å². The maximum Gasteiger partial charge on any atom is 0.267 e. The smallest absolute Gasteiger partial charge is 0.267 e. The van der Waals surface area contributed by atoms with E-state index in [0.717, 1.165) is 5.56 Å². The fourth-order valence-electron chi connectivity index (χ4n) is 3.08. The van der Waals surface area contributed by atoms with Gasteiger partial charge in [-0.05, 0) is 36.8 Å². The fourth-order valence-corrected chi connectivity index (χ4v) is 4.52. The highest BCUT2D eigenvalue weighted by atomic mass is 32.2. The number of fused-ring (bicyclic) bond motifs is 2. The lowest BCUT2D eigenvalue weighted by molar-refractivity contribution is 0.592. The molecule has 136 valence electrons. The van der Waals surface area contributed by atoms with Crippen molar-refractivity contribution in [2.75, 3.05) is 0 Å². The lowest BCUT2D eigenvalue weighted by Crippen LogP contribution is -2.28. The summed E-state index contributed by atoms with van der Waals surface area (Å²) >= 11 is 0. The van der Waals surface area contributed by atoms with Gasteiger partial charge in [-0.25, -0.2) is 13.4 Å². The second kappa shape index (κ2) is 5.88. The zero-order valence-electron chi connectivity index (χ0n) is 14.7. The van der Waals surface area contributed by atoms with Crippen LogP contribution in [-0.2, 0) is 16.9 Å². The van der Waals surface area contributed by atoms with Crippen molar-refractivity contribution in [2.45, 2.75) is 16.7 Å². The van der Waals surface area contributed by atoms with Crippen LogP contribution in [0.4, 0.5) is 0 Å². The summed E-state index contributed by atoms with van der Waals surface area (Å²) in [7, 11) is -2.41. The van der Waals surface area contributed by atoms with Crippen LogP contribution in [-0.4, -0.2) is 22.4 Å². The van der Waals surface area contributed by atoms with Crippen LogP contribution in [0.15, 0.2) is 69.3 Å². The number of hydrogen-bond acceptors (Lipinski definition) is 5. The van der Waals surface area contributed by atoms with Crippen molar-refractivity contribution in [2.24, 2.45) is 7.05 Å². The number of aromatic nitrogens is 3. The van der Waals surface area contributed by atoms with Gasteiger partial charge in [0.05, 0.1) is 10.3 Å². The van der Waals surface area contributed by atoms with E-state index in [9.17, 15) is 13.2 Å². The molecule has 1 N–H and O–H groups in total. The molecule has 0 bridgehead atoms. The summed E-state index contributed by atoms with van der Waals surface area (Å²) in [4.78, 5) is 17.3. The highest BCUT2D eigenvalue weighted by molar-refractivity contribution is 7.91. The Morgan fingerprint density at radius 3 is 2.44 bits per heavy atom. The molecule has 0 unspecified atom stereocenters. The molecule has 0 aliphatic carbocycles. The fraction of sp³-hybridized carbons (Fsp3) is 0.105. The van der Waals surface area contributed by atoms with Crippen LogP contribution in [0.3, 0.4) is 0 Å². The highest BCUT2D eigenvalue weighted by Crippen LogP contribution is 2.20. The van der Waals surface area contributed by atoms with E-state index in [1.165, 1.54) is 34.2 Å². The van der Waals surface area contributed by atoms with Crippen molar-refractivity contribution < 1.29 is 8.42 Å². The van der Waals surface area contributed by atoms with Crippen LogP contribution in [0.5, 0.6) is 0 Å². The average Bonchev–Trinajstić information content (AvgIpc) is 2.66. The number of pyridine rings is 2. The van der Waals surface area contributed by atoms with E-state index in [2.05, 4.69) is 4.98 Å². The van der Waals surface area contributed by atoms with E-state index in [0.29, 0.717) is 5.65 Å². The predicted molar refractivity (Wildman–Crippen MR) is 100 cm³/mol. The Bertz CT molecular complexity index is 1440. The Hall–Kier alpha value is -3.26. The minimum atomic E-state index is -3.95. The minimum Gasteiger partial charge on any atom is -0.313 e. The molecule has 0 fully saturated rings. The van der Waals surface area contributed by atoms with Gasteiger partial charge < -0.3 is 4.57 Å². The molecule has 4 rings (SSSR count). The lowest BCUT2D eigenvalue weighted by Gasteiger charge is -2.12. The first-order chi connectivity index (χ1) is 12.8. The molecule has 27 heavy (non-hydrogen) atoms. The van der Waals surface area contributed by atoms with Crippen LogP contribution >= 0.6 is 0 Å². The van der Waals surface area contributed by atoms with E-state index in [-0.39, 0.29) is 31.9 Å². The van der Waals surface area contributed by atoms with Crippen LogP contribution in [0.2, 0.25) is 0 Å². The Morgan fingerprint density at radius 2 is 1.74 bits per heavy atom. The molecule has 3 aromatic heterocycles. The Labute approximate surface area is 154 Å². The van der Waals surface area contributed by atoms with Crippen molar-refractivity contribution >= 4 is 26.5 Å². The normalized spacial score (nSPS) is 11.9. The summed E-state index contributed by atoms with van der Waals surface area (Å²) in [6.45, 7) is 1.84. The highest BCUT2D eigenvalue weighted by Gasteiger charge is 2.23. The Balaban J connectivity index is 2.16. The first kappa shape index (κ1) is 17.2. The second-order valence-electron chi connectivity index (χ2n) is 6.27. The number of sulfone groups is 1. The zero-order valence-corrected chi connectivity index (χ0v) is 15.5. The SMILES string of the molecule is Cc1cccn2c(=O)c3cc(S(=O)(=O)c4ccccc4)c(=N)n(C)c3nc12. The number of rotatable bonds is 2. The Kier molecular flexibility index (Phi) is 3.74. The largest absolute Gasteiger partial charge is 0.313 e. The van der Waals surface area contributed by atoms with Gasteiger partial charge in [-0.1, -0.05) is 24.3 Å². The minimum absolute atomic E-state index is 0.0718. The second-order valence-corrected chi connectivity index (χ2v) is 8.19. The van der Waals surface area contributed by atoms with Gasteiger partial charge in [0.15, 0.2) is 0 Å². The van der Waals surface area contributed by atoms with Gasteiger partial charge in [0.25, 0.3) is 5.56 Å². The first-order valence-electron chi connectivity index (χ1n) is 8.19. The number of hydrogen-bond donors (Lipinski definition) is 1. The van der Waals surface area contributed by atoms with Gasteiger partial charge in [-0.3, -0.25) is 14.6 Å². The van der Waals surface area contributed by atoms with Crippen molar-refractivity contribution in [3.8, 4) is 0 Å². The summed E-state index contributed by atoms with van der Waals surface area (Å²) in [5.41, 5.74) is 0.953. The van der Waals surface area contributed by atoms with Gasteiger partial charge in [-0.15, -0.1) is 0 Å². The standard InChI is InChI=1S/C19H16N4O3S/c1-12-7-6-10-23-17(12)21-18-14(19(23)24)11-15(16(20)22(18)2)27(25,26)13-8-4-3-5-9-13/h3-11,20H,1-2H3. The van der Waals surface area contributed by atoms with Gasteiger partial charge >= 0.3 is 0 Å². The maximum atomic E-state index is 13.0.